The SMILES string of the molecule is O=C1c2ccccc2OC1c1oc2ccccc2c1C1Oc2ccccc2C1=O. The lowest BCUT2D eigenvalue weighted by atomic mass is 9.96. The molecule has 0 radical (unpaired) electrons. The number of hydrogen-bond donors (Lipinski definition) is 0. The van der Waals surface area contributed by atoms with Gasteiger partial charge in [-0.2, -0.15) is 0 Å². The Morgan fingerprint density at radius 3 is 1.86 bits per heavy atom. The van der Waals surface area contributed by atoms with Crippen molar-refractivity contribution in [2.45, 2.75) is 12.2 Å². The second-order valence-electron chi connectivity index (χ2n) is 7.09. The Labute approximate surface area is 165 Å². The zero-order chi connectivity index (χ0) is 19.5. The average molecular weight is 382 g/mol. The quantitative estimate of drug-likeness (QED) is 0.484. The van der Waals surface area contributed by atoms with E-state index in [2.05, 4.69) is 0 Å². The largest absolute Gasteiger partial charge is 0.477 e. The Bertz CT molecular complexity index is 1320. The van der Waals surface area contributed by atoms with Crippen molar-refractivity contribution in [2.75, 3.05) is 0 Å². The van der Waals surface area contributed by atoms with E-state index in [0.29, 0.717) is 39.5 Å². The van der Waals surface area contributed by atoms with E-state index >= 15 is 0 Å². The van der Waals surface area contributed by atoms with E-state index in [1.165, 1.54) is 0 Å². The molecule has 4 aromatic rings. The summed E-state index contributed by atoms with van der Waals surface area (Å²) < 4.78 is 18.0. The summed E-state index contributed by atoms with van der Waals surface area (Å²) in [4.78, 5) is 26.1. The summed E-state index contributed by atoms with van der Waals surface area (Å²) in [5.74, 6) is 1.01. The molecule has 2 unspecified atom stereocenters. The molecule has 5 nitrogen and oxygen atoms in total. The summed E-state index contributed by atoms with van der Waals surface area (Å²) in [5, 5.41) is 0.737. The Kier molecular flexibility index (Phi) is 3.23. The van der Waals surface area contributed by atoms with E-state index in [1.807, 2.05) is 36.4 Å². The van der Waals surface area contributed by atoms with Gasteiger partial charge in [-0.3, -0.25) is 9.59 Å². The third-order valence-corrected chi connectivity index (χ3v) is 5.43. The molecule has 0 amide bonds. The van der Waals surface area contributed by atoms with E-state index in [9.17, 15) is 9.59 Å². The molecule has 29 heavy (non-hydrogen) atoms. The smallest absolute Gasteiger partial charge is 0.219 e. The highest BCUT2D eigenvalue weighted by atomic mass is 16.5. The Morgan fingerprint density at radius 1 is 0.621 bits per heavy atom. The van der Waals surface area contributed by atoms with Gasteiger partial charge in [0.05, 0.1) is 16.7 Å². The van der Waals surface area contributed by atoms with Gasteiger partial charge < -0.3 is 13.9 Å². The van der Waals surface area contributed by atoms with Crippen molar-refractivity contribution in [3.63, 3.8) is 0 Å². The number of hydrogen-bond acceptors (Lipinski definition) is 5. The van der Waals surface area contributed by atoms with Crippen LogP contribution < -0.4 is 9.47 Å². The summed E-state index contributed by atoms with van der Waals surface area (Å²) in [6.07, 6.45) is -1.83. The fraction of sp³-hybridized carbons (Fsp3) is 0.0833. The van der Waals surface area contributed by atoms with E-state index in [0.717, 1.165) is 5.39 Å². The van der Waals surface area contributed by atoms with Crippen molar-refractivity contribution in [3.05, 3.63) is 95.2 Å². The summed E-state index contributed by atoms with van der Waals surface area (Å²) in [7, 11) is 0. The molecule has 0 bridgehead atoms. The third-order valence-electron chi connectivity index (χ3n) is 5.43. The summed E-state index contributed by atoms with van der Waals surface area (Å²) in [5.41, 5.74) is 2.16. The molecule has 5 heteroatoms. The minimum absolute atomic E-state index is 0.156. The van der Waals surface area contributed by atoms with Crippen LogP contribution in [-0.4, -0.2) is 11.6 Å². The van der Waals surface area contributed by atoms with E-state index in [4.69, 9.17) is 13.9 Å². The number of ketones is 2. The van der Waals surface area contributed by atoms with Gasteiger partial charge in [0.1, 0.15) is 17.1 Å². The standard InChI is InChI=1S/C24H14O5/c25-20-14-8-2-5-11-17(14)27-22(20)19-13-7-1-4-10-16(13)28-23(19)24-21(26)15-9-3-6-12-18(15)29-24/h1-12,22,24H. The van der Waals surface area contributed by atoms with Gasteiger partial charge in [-0.05, 0) is 30.3 Å². The molecule has 3 heterocycles. The number of carbonyl (C=O) groups excluding carboxylic acids is 2. The van der Waals surface area contributed by atoms with Crippen LogP contribution in [0.5, 0.6) is 11.5 Å². The van der Waals surface area contributed by atoms with Crippen LogP contribution in [0.2, 0.25) is 0 Å². The van der Waals surface area contributed by atoms with Crippen LogP contribution in [0.15, 0.2) is 77.2 Å². The Morgan fingerprint density at radius 2 is 1.17 bits per heavy atom. The summed E-state index contributed by atoms with van der Waals surface area (Å²) in [6.45, 7) is 0. The molecule has 0 fully saturated rings. The highest BCUT2D eigenvalue weighted by Crippen LogP contribution is 2.46. The van der Waals surface area contributed by atoms with Crippen LogP contribution in [0.1, 0.15) is 44.2 Å². The Hall–Kier alpha value is -3.86. The number of Topliss-reactive ketones (excluding diaryl/α,β-unsaturated/α-hetero) is 2. The lowest BCUT2D eigenvalue weighted by Crippen LogP contribution is -2.17. The maximum atomic E-state index is 13.1. The van der Waals surface area contributed by atoms with Crippen LogP contribution in [-0.2, 0) is 0 Å². The first-order valence-electron chi connectivity index (χ1n) is 9.33. The number of fused-ring (bicyclic) bond motifs is 3. The molecule has 2 aliphatic rings. The second kappa shape index (κ2) is 5.82. The molecule has 140 valence electrons. The van der Waals surface area contributed by atoms with Gasteiger partial charge in [0.2, 0.25) is 17.7 Å². The van der Waals surface area contributed by atoms with Gasteiger partial charge in [-0.15, -0.1) is 0 Å². The van der Waals surface area contributed by atoms with Gasteiger partial charge in [0.15, 0.2) is 11.9 Å². The van der Waals surface area contributed by atoms with E-state index < -0.39 is 12.2 Å². The fourth-order valence-electron chi connectivity index (χ4n) is 4.10. The number of rotatable bonds is 2. The van der Waals surface area contributed by atoms with E-state index in [-0.39, 0.29) is 11.6 Å². The van der Waals surface area contributed by atoms with Gasteiger partial charge in [0, 0.05) is 5.39 Å². The van der Waals surface area contributed by atoms with Crippen molar-refractivity contribution in [1.29, 1.82) is 0 Å². The first-order chi connectivity index (χ1) is 14.2. The molecule has 0 saturated carbocycles. The van der Waals surface area contributed by atoms with Crippen molar-refractivity contribution in [3.8, 4) is 11.5 Å². The molecular formula is C24H14O5. The normalized spacial score (nSPS) is 19.7. The molecule has 1 aromatic heterocycles. The zero-order valence-electron chi connectivity index (χ0n) is 15.1. The predicted octanol–water partition coefficient (Wildman–Crippen LogP) is 5.07. The molecule has 0 aliphatic carbocycles. The number of para-hydroxylation sites is 3. The predicted molar refractivity (Wildman–Crippen MR) is 104 cm³/mol. The molecule has 0 spiro atoms. The first-order valence-corrected chi connectivity index (χ1v) is 9.33. The fourth-order valence-corrected chi connectivity index (χ4v) is 4.10. The van der Waals surface area contributed by atoms with Crippen molar-refractivity contribution in [1.82, 2.24) is 0 Å². The summed E-state index contributed by atoms with van der Waals surface area (Å²) in [6, 6.07) is 21.6. The number of carbonyl (C=O) groups is 2. The third kappa shape index (κ3) is 2.21. The second-order valence-corrected chi connectivity index (χ2v) is 7.09. The first kappa shape index (κ1) is 16.1. The van der Waals surface area contributed by atoms with Crippen LogP contribution in [0.3, 0.4) is 0 Å². The van der Waals surface area contributed by atoms with Gasteiger partial charge in [0.25, 0.3) is 0 Å². The van der Waals surface area contributed by atoms with Crippen LogP contribution >= 0.6 is 0 Å². The Balaban J connectivity index is 1.53. The van der Waals surface area contributed by atoms with Crippen molar-refractivity contribution in [2.24, 2.45) is 0 Å². The molecule has 0 saturated heterocycles. The molecular weight excluding hydrogens is 368 g/mol. The lowest BCUT2D eigenvalue weighted by molar-refractivity contribution is 0.0798. The minimum atomic E-state index is -0.949. The van der Waals surface area contributed by atoms with Gasteiger partial charge in [-0.25, -0.2) is 0 Å². The number of ether oxygens (including phenoxy) is 2. The van der Waals surface area contributed by atoms with Crippen LogP contribution in [0.4, 0.5) is 0 Å². The van der Waals surface area contributed by atoms with Crippen molar-refractivity contribution >= 4 is 22.5 Å². The maximum absolute atomic E-state index is 13.1. The van der Waals surface area contributed by atoms with E-state index in [1.54, 1.807) is 36.4 Å². The maximum Gasteiger partial charge on any atom is 0.219 e. The van der Waals surface area contributed by atoms with Crippen LogP contribution in [0, 0.1) is 0 Å². The molecule has 2 atom stereocenters. The molecule has 0 N–H and O–H groups in total. The highest BCUT2D eigenvalue weighted by Gasteiger charge is 2.44. The van der Waals surface area contributed by atoms with Crippen LogP contribution in [0.25, 0.3) is 11.0 Å². The highest BCUT2D eigenvalue weighted by molar-refractivity contribution is 6.09. The topological polar surface area (TPSA) is 65.7 Å². The average Bonchev–Trinajstić information content (AvgIpc) is 3.40. The molecule has 6 rings (SSSR count). The zero-order valence-corrected chi connectivity index (χ0v) is 15.1. The summed E-state index contributed by atoms with van der Waals surface area (Å²) >= 11 is 0. The lowest BCUT2D eigenvalue weighted by Gasteiger charge is -2.13. The monoisotopic (exact) mass is 382 g/mol. The molecule has 2 aliphatic heterocycles. The minimum Gasteiger partial charge on any atom is -0.477 e. The van der Waals surface area contributed by atoms with Gasteiger partial charge in [-0.1, -0.05) is 42.5 Å². The van der Waals surface area contributed by atoms with Gasteiger partial charge >= 0.3 is 0 Å². The molecule has 3 aromatic carbocycles. The van der Waals surface area contributed by atoms with Crippen molar-refractivity contribution < 1.29 is 23.5 Å². The number of benzene rings is 3. The number of furan rings is 1.